The Morgan fingerprint density at radius 3 is 2.53 bits per heavy atom. The van der Waals surface area contributed by atoms with E-state index in [-0.39, 0.29) is 11.7 Å². The Hall–Kier alpha value is -1.69. The maximum Gasteiger partial charge on any atom is 0.295 e. The van der Waals surface area contributed by atoms with Crippen LogP contribution in [0.5, 0.6) is 0 Å². The first-order chi connectivity index (χ1) is 9.01. The second-order valence-corrected chi connectivity index (χ2v) is 5.24. The number of benzene rings is 1. The van der Waals surface area contributed by atoms with Crippen LogP contribution in [0.2, 0.25) is 0 Å². The first kappa shape index (κ1) is 13.7. The summed E-state index contributed by atoms with van der Waals surface area (Å²) < 4.78 is 0.992. The summed E-state index contributed by atoms with van der Waals surface area (Å²) in [5.74, 6) is 0.567. The highest BCUT2D eigenvalue weighted by atomic mass is 79.9. The maximum absolute atomic E-state index is 12.1. The van der Waals surface area contributed by atoms with Gasteiger partial charge in [0.2, 0.25) is 5.82 Å². The molecular weight excluding hydrogens is 308 g/mol. The molecule has 0 saturated heterocycles. The van der Waals surface area contributed by atoms with Crippen molar-refractivity contribution in [3.63, 3.8) is 0 Å². The number of aryl methyl sites for hydroxylation is 3. The SMILES string of the molecule is CCc1nc(C(=O)Nc2c(C)cc(Br)cc2C)n[nH]1. The number of carbonyl (C=O) groups is 1. The molecular formula is C13H15BrN4O. The molecule has 0 atom stereocenters. The molecule has 0 saturated carbocycles. The molecule has 2 aromatic rings. The molecule has 5 nitrogen and oxygen atoms in total. The number of halogens is 1. The smallest absolute Gasteiger partial charge is 0.295 e. The second kappa shape index (κ2) is 5.52. The first-order valence-electron chi connectivity index (χ1n) is 6.00. The van der Waals surface area contributed by atoms with E-state index in [0.29, 0.717) is 5.82 Å². The summed E-state index contributed by atoms with van der Waals surface area (Å²) in [4.78, 5) is 16.2. The Morgan fingerprint density at radius 2 is 2.00 bits per heavy atom. The Labute approximate surface area is 120 Å². The van der Waals surface area contributed by atoms with E-state index in [1.165, 1.54) is 0 Å². The van der Waals surface area contributed by atoms with Gasteiger partial charge in [-0.15, -0.1) is 5.10 Å². The fraction of sp³-hybridized carbons (Fsp3) is 0.308. The summed E-state index contributed by atoms with van der Waals surface area (Å²) in [6.45, 7) is 5.84. The molecule has 6 heteroatoms. The summed E-state index contributed by atoms with van der Waals surface area (Å²) in [6.07, 6.45) is 0.719. The number of hydrogen-bond acceptors (Lipinski definition) is 3. The molecule has 1 aromatic carbocycles. The molecule has 1 amide bonds. The lowest BCUT2D eigenvalue weighted by atomic mass is 10.1. The summed E-state index contributed by atoms with van der Waals surface area (Å²) in [6, 6.07) is 3.91. The van der Waals surface area contributed by atoms with E-state index in [1.54, 1.807) is 0 Å². The van der Waals surface area contributed by atoms with Gasteiger partial charge in [0.15, 0.2) is 0 Å². The van der Waals surface area contributed by atoms with E-state index >= 15 is 0 Å². The van der Waals surface area contributed by atoms with Gasteiger partial charge in [0, 0.05) is 16.6 Å². The molecule has 0 aliphatic heterocycles. The van der Waals surface area contributed by atoms with Gasteiger partial charge in [0.25, 0.3) is 5.91 Å². The highest BCUT2D eigenvalue weighted by Gasteiger charge is 2.14. The first-order valence-corrected chi connectivity index (χ1v) is 6.80. The molecule has 0 bridgehead atoms. The zero-order valence-corrected chi connectivity index (χ0v) is 12.6. The summed E-state index contributed by atoms with van der Waals surface area (Å²) in [5.41, 5.74) is 2.79. The molecule has 0 radical (unpaired) electrons. The molecule has 2 rings (SSSR count). The fourth-order valence-electron chi connectivity index (χ4n) is 1.83. The third kappa shape index (κ3) is 3.01. The Bertz CT molecular complexity index is 598. The van der Waals surface area contributed by atoms with Crippen molar-refractivity contribution in [3.8, 4) is 0 Å². The van der Waals surface area contributed by atoms with Crippen LogP contribution in [0.3, 0.4) is 0 Å². The van der Waals surface area contributed by atoms with Crippen LogP contribution in [0, 0.1) is 13.8 Å². The maximum atomic E-state index is 12.1. The van der Waals surface area contributed by atoms with Crippen LogP contribution in [0.4, 0.5) is 5.69 Å². The van der Waals surface area contributed by atoms with Gasteiger partial charge in [-0.1, -0.05) is 22.9 Å². The molecule has 0 aliphatic rings. The van der Waals surface area contributed by atoms with Crippen molar-refractivity contribution in [2.24, 2.45) is 0 Å². The van der Waals surface area contributed by atoms with Gasteiger partial charge in [0.1, 0.15) is 5.82 Å². The van der Waals surface area contributed by atoms with Gasteiger partial charge in [-0.2, -0.15) is 0 Å². The minimum atomic E-state index is -0.301. The lowest BCUT2D eigenvalue weighted by molar-refractivity contribution is 0.101. The predicted octanol–water partition coefficient (Wildman–Crippen LogP) is 3.00. The third-order valence-electron chi connectivity index (χ3n) is 2.81. The van der Waals surface area contributed by atoms with E-state index in [2.05, 4.69) is 36.4 Å². The number of amides is 1. The van der Waals surface area contributed by atoms with Crippen molar-refractivity contribution in [2.45, 2.75) is 27.2 Å². The summed E-state index contributed by atoms with van der Waals surface area (Å²) in [7, 11) is 0. The summed E-state index contributed by atoms with van der Waals surface area (Å²) >= 11 is 3.43. The Balaban J connectivity index is 2.24. The van der Waals surface area contributed by atoms with Crippen LogP contribution in [0.15, 0.2) is 16.6 Å². The van der Waals surface area contributed by atoms with E-state index in [9.17, 15) is 4.79 Å². The van der Waals surface area contributed by atoms with Gasteiger partial charge in [-0.05, 0) is 37.1 Å². The van der Waals surface area contributed by atoms with Crippen LogP contribution in [-0.4, -0.2) is 21.1 Å². The molecule has 1 heterocycles. The van der Waals surface area contributed by atoms with Crippen LogP contribution in [-0.2, 0) is 6.42 Å². The van der Waals surface area contributed by atoms with E-state index in [1.807, 2.05) is 32.9 Å². The van der Waals surface area contributed by atoms with Gasteiger partial charge in [-0.25, -0.2) is 4.98 Å². The number of aromatic nitrogens is 3. The zero-order chi connectivity index (χ0) is 14.0. The van der Waals surface area contributed by atoms with E-state index in [0.717, 1.165) is 27.7 Å². The number of nitrogens with zero attached hydrogens (tertiary/aromatic N) is 2. The number of aromatic amines is 1. The van der Waals surface area contributed by atoms with Gasteiger partial charge in [0.05, 0.1) is 0 Å². The zero-order valence-electron chi connectivity index (χ0n) is 11.0. The molecule has 0 fully saturated rings. The molecule has 1 aromatic heterocycles. The summed E-state index contributed by atoms with van der Waals surface area (Å²) in [5, 5.41) is 9.49. The van der Waals surface area contributed by atoms with Gasteiger partial charge < -0.3 is 5.32 Å². The minimum Gasteiger partial charge on any atom is -0.319 e. The minimum absolute atomic E-state index is 0.165. The van der Waals surface area contributed by atoms with Crippen LogP contribution in [0.25, 0.3) is 0 Å². The van der Waals surface area contributed by atoms with Crippen LogP contribution >= 0.6 is 15.9 Å². The normalized spacial score (nSPS) is 10.5. The highest BCUT2D eigenvalue weighted by Crippen LogP contribution is 2.25. The Kier molecular flexibility index (Phi) is 3.99. The van der Waals surface area contributed by atoms with Crippen molar-refractivity contribution in [3.05, 3.63) is 39.4 Å². The van der Waals surface area contributed by atoms with Crippen molar-refractivity contribution in [1.29, 1.82) is 0 Å². The number of H-pyrrole nitrogens is 1. The monoisotopic (exact) mass is 322 g/mol. The van der Waals surface area contributed by atoms with E-state index in [4.69, 9.17) is 0 Å². The van der Waals surface area contributed by atoms with Crippen molar-refractivity contribution >= 4 is 27.5 Å². The van der Waals surface area contributed by atoms with Crippen molar-refractivity contribution in [2.75, 3.05) is 5.32 Å². The predicted molar refractivity (Wildman–Crippen MR) is 77.3 cm³/mol. The molecule has 2 N–H and O–H groups in total. The van der Waals surface area contributed by atoms with Crippen molar-refractivity contribution in [1.82, 2.24) is 15.2 Å². The lowest BCUT2D eigenvalue weighted by Crippen LogP contribution is -2.15. The lowest BCUT2D eigenvalue weighted by Gasteiger charge is -2.10. The van der Waals surface area contributed by atoms with Crippen molar-refractivity contribution < 1.29 is 4.79 Å². The molecule has 0 aliphatic carbocycles. The number of hydrogen-bond donors (Lipinski definition) is 2. The largest absolute Gasteiger partial charge is 0.319 e. The fourth-order valence-corrected chi connectivity index (χ4v) is 2.52. The molecule has 19 heavy (non-hydrogen) atoms. The number of carbonyl (C=O) groups excluding carboxylic acids is 1. The molecule has 100 valence electrons. The van der Waals surface area contributed by atoms with Crippen LogP contribution in [0.1, 0.15) is 34.5 Å². The quantitative estimate of drug-likeness (QED) is 0.912. The molecule has 0 spiro atoms. The highest BCUT2D eigenvalue weighted by molar-refractivity contribution is 9.10. The molecule has 0 unspecified atom stereocenters. The standard InChI is InChI=1S/C13H15BrN4O/c1-4-10-15-12(18-17-10)13(19)16-11-7(2)5-9(14)6-8(11)3/h5-6H,4H2,1-3H3,(H,16,19)(H,15,17,18). The van der Waals surface area contributed by atoms with Gasteiger partial charge >= 0.3 is 0 Å². The van der Waals surface area contributed by atoms with Gasteiger partial charge in [-0.3, -0.25) is 9.89 Å². The number of nitrogens with one attached hydrogen (secondary N) is 2. The van der Waals surface area contributed by atoms with E-state index < -0.39 is 0 Å². The number of anilines is 1. The topological polar surface area (TPSA) is 70.7 Å². The Morgan fingerprint density at radius 1 is 1.37 bits per heavy atom. The average Bonchev–Trinajstić information content (AvgIpc) is 2.82. The number of rotatable bonds is 3. The third-order valence-corrected chi connectivity index (χ3v) is 3.26. The second-order valence-electron chi connectivity index (χ2n) is 4.33. The average molecular weight is 323 g/mol. The van der Waals surface area contributed by atoms with Crippen LogP contribution < -0.4 is 5.32 Å².